The van der Waals surface area contributed by atoms with Gasteiger partial charge in [0.25, 0.3) is 0 Å². The summed E-state index contributed by atoms with van der Waals surface area (Å²) in [5.41, 5.74) is 1.84. The van der Waals surface area contributed by atoms with Crippen molar-refractivity contribution in [2.45, 2.75) is 13.3 Å². The number of methoxy groups -OCH3 is 1. The molecule has 0 fully saturated rings. The van der Waals surface area contributed by atoms with Gasteiger partial charge in [0.2, 0.25) is 0 Å². The summed E-state index contributed by atoms with van der Waals surface area (Å²) in [7, 11) is 1.64. The minimum atomic E-state index is 0.489. The summed E-state index contributed by atoms with van der Waals surface area (Å²) in [5.74, 6) is 1.56. The summed E-state index contributed by atoms with van der Waals surface area (Å²) in [4.78, 5) is 8.18. The van der Waals surface area contributed by atoms with Gasteiger partial charge in [0.1, 0.15) is 23.0 Å². The highest BCUT2D eigenvalue weighted by Crippen LogP contribution is 2.24. The molecule has 1 N–H and O–H groups in total. The van der Waals surface area contributed by atoms with E-state index in [9.17, 15) is 0 Å². The average molecular weight is 264 g/mol. The zero-order valence-corrected chi connectivity index (χ0v) is 11.0. The van der Waals surface area contributed by atoms with Crippen LogP contribution in [-0.4, -0.2) is 17.1 Å². The van der Waals surface area contributed by atoms with Gasteiger partial charge in [-0.25, -0.2) is 9.97 Å². The molecule has 0 spiro atoms. The Kier molecular flexibility index (Phi) is 3.99. The molecule has 1 heterocycles. The Morgan fingerprint density at radius 3 is 2.56 bits per heavy atom. The Labute approximate surface area is 111 Å². The van der Waals surface area contributed by atoms with E-state index in [1.807, 2.05) is 31.2 Å². The smallest absolute Gasteiger partial charge is 0.138 e. The average Bonchev–Trinajstić information content (AvgIpc) is 2.40. The molecular weight excluding hydrogens is 250 g/mol. The Morgan fingerprint density at radius 1 is 1.22 bits per heavy atom. The first-order chi connectivity index (χ1) is 8.74. The summed E-state index contributed by atoms with van der Waals surface area (Å²) in [6, 6.07) is 7.62. The monoisotopic (exact) mass is 263 g/mol. The Balaban J connectivity index is 2.25. The molecule has 0 aliphatic carbocycles. The number of hydrogen-bond donors (Lipinski definition) is 1. The second-order valence-corrected chi connectivity index (χ2v) is 4.06. The fraction of sp³-hybridized carbons (Fsp3) is 0.231. The standard InChI is InChI=1S/C13H14ClN3O/c1-3-11-12(14)15-8-16-13(11)17-9-4-6-10(18-2)7-5-9/h4-8H,3H2,1-2H3,(H,15,16,17). The molecule has 0 aliphatic rings. The minimum Gasteiger partial charge on any atom is -0.497 e. The maximum Gasteiger partial charge on any atom is 0.138 e. The number of benzene rings is 1. The van der Waals surface area contributed by atoms with Gasteiger partial charge in [-0.05, 0) is 30.7 Å². The van der Waals surface area contributed by atoms with Gasteiger partial charge in [0, 0.05) is 11.3 Å². The van der Waals surface area contributed by atoms with Crippen LogP contribution in [0.4, 0.5) is 11.5 Å². The van der Waals surface area contributed by atoms with E-state index in [1.165, 1.54) is 6.33 Å². The lowest BCUT2D eigenvalue weighted by atomic mass is 10.2. The van der Waals surface area contributed by atoms with E-state index in [1.54, 1.807) is 7.11 Å². The maximum absolute atomic E-state index is 6.03. The van der Waals surface area contributed by atoms with Gasteiger partial charge in [-0.1, -0.05) is 18.5 Å². The highest BCUT2D eigenvalue weighted by Gasteiger charge is 2.07. The molecule has 0 unspecified atom stereocenters. The zero-order chi connectivity index (χ0) is 13.0. The first-order valence-electron chi connectivity index (χ1n) is 5.65. The van der Waals surface area contributed by atoms with E-state index in [-0.39, 0.29) is 0 Å². The van der Waals surface area contributed by atoms with E-state index in [4.69, 9.17) is 16.3 Å². The Bertz CT molecular complexity index is 528. The number of rotatable bonds is 4. The lowest BCUT2D eigenvalue weighted by Crippen LogP contribution is -2.00. The maximum atomic E-state index is 6.03. The van der Waals surface area contributed by atoms with Gasteiger partial charge < -0.3 is 10.1 Å². The molecule has 2 rings (SSSR count). The van der Waals surface area contributed by atoms with E-state index >= 15 is 0 Å². The number of aromatic nitrogens is 2. The van der Waals surface area contributed by atoms with E-state index < -0.39 is 0 Å². The number of anilines is 2. The van der Waals surface area contributed by atoms with Crippen molar-refractivity contribution in [2.24, 2.45) is 0 Å². The molecule has 1 aromatic heterocycles. The van der Waals surface area contributed by atoms with Crippen molar-refractivity contribution in [3.05, 3.63) is 41.3 Å². The molecule has 18 heavy (non-hydrogen) atoms. The van der Waals surface area contributed by atoms with Crippen LogP contribution in [0.1, 0.15) is 12.5 Å². The van der Waals surface area contributed by atoms with Crippen molar-refractivity contribution in [1.29, 1.82) is 0 Å². The molecule has 0 saturated heterocycles. The number of nitrogens with zero attached hydrogens (tertiary/aromatic N) is 2. The normalized spacial score (nSPS) is 10.2. The third-order valence-electron chi connectivity index (χ3n) is 2.60. The molecule has 1 aromatic carbocycles. The van der Waals surface area contributed by atoms with E-state index in [0.29, 0.717) is 5.15 Å². The second kappa shape index (κ2) is 5.69. The van der Waals surface area contributed by atoms with Gasteiger partial charge in [-0.3, -0.25) is 0 Å². The summed E-state index contributed by atoms with van der Waals surface area (Å²) in [5, 5.41) is 3.71. The van der Waals surface area contributed by atoms with E-state index in [0.717, 1.165) is 29.2 Å². The third-order valence-corrected chi connectivity index (χ3v) is 2.92. The lowest BCUT2D eigenvalue weighted by molar-refractivity contribution is 0.415. The molecule has 4 nitrogen and oxygen atoms in total. The predicted octanol–water partition coefficient (Wildman–Crippen LogP) is 3.44. The number of hydrogen-bond acceptors (Lipinski definition) is 4. The summed E-state index contributed by atoms with van der Waals surface area (Å²) >= 11 is 6.03. The van der Waals surface area contributed by atoms with Crippen LogP contribution in [0, 0.1) is 0 Å². The quantitative estimate of drug-likeness (QED) is 0.859. The van der Waals surface area contributed by atoms with Crippen LogP contribution in [0.5, 0.6) is 5.75 Å². The molecule has 0 radical (unpaired) electrons. The first kappa shape index (κ1) is 12.6. The Hall–Kier alpha value is -1.81. The number of halogens is 1. The SMILES string of the molecule is CCc1c(Cl)ncnc1Nc1ccc(OC)cc1. The van der Waals surface area contributed by atoms with Gasteiger partial charge in [0.15, 0.2) is 0 Å². The highest BCUT2D eigenvalue weighted by atomic mass is 35.5. The predicted molar refractivity (Wildman–Crippen MR) is 72.7 cm³/mol. The zero-order valence-electron chi connectivity index (χ0n) is 10.3. The fourth-order valence-corrected chi connectivity index (χ4v) is 1.89. The third kappa shape index (κ3) is 2.71. The van der Waals surface area contributed by atoms with Crippen molar-refractivity contribution >= 4 is 23.1 Å². The molecule has 0 bridgehead atoms. The van der Waals surface area contributed by atoms with Crippen LogP contribution < -0.4 is 10.1 Å². The van der Waals surface area contributed by atoms with Gasteiger partial charge in [-0.15, -0.1) is 0 Å². The molecule has 0 atom stereocenters. The molecule has 0 saturated carbocycles. The van der Waals surface area contributed by atoms with Crippen molar-refractivity contribution in [3.8, 4) is 5.75 Å². The molecule has 0 aliphatic heterocycles. The fourth-order valence-electron chi connectivity index (χ4n) is 1.62. The van der Waals surface area contributed by atoms with Crippen molar-refractivity contribution in [1.82, 2.24) is 9.97 Å². The van der Waals surface area contributed by atoms with E-state index in [2.05, 4.69) is 15.3 Å². The van der Waals surface area contributed by atoms with Gasteiger partial charge in [0.05, 0.1) is 7.11 Å². The van der Waals surface area contributed by atoms with Gasteiger partial charge in [-0.2, -0.15) is 0 Å². The summed E-state index contributed by atoms with van der Waals surface area (Å²) < 4.78 is 5.11. The van der Waals surface area contributed by atoms with Crippen LogP contribution >= 0.6 is 11.6 Å². The number of ether oxygens (including phenoxy) is 1. The molecular formula is C13H14ClN3O. The van der Waals surface area contributed by atoms with Crippen molar-refractivity contribution in [2.75, 3.05) is 12.4 Å². The first-order valence-corrected chi connectivity index (χ1v) is 6.02. The van der Waals surface area contributed by atoms with Gasteiger partial charge >= 0.3 is 0 Å². The summed E-state index contributed by atoms with van der Waals surface area (Å²) in [6.45, 7) is 2.02. The summed E-state index contributed by atoms with van der Waals surface area (Å²) in [6.07, 6.45) is 2.23. The van der Waals surface area contributed by atoms with Crippen LogP contribution in [-0.2, 0) is 6.42 Å². The molecule has 94 valence electrons. The Morgan fingerprint density at radius 2 is 1.94 bits per heavy atom. The topological polar surface area (TPSA) is 47.0 Å². The number of nitrogens with one attached hydrogen (secondary N) is 1. The molecule has 0 amide bonds. The minimum absolute atomic E-state index is 0.489. The van der Waals surface area contributed by atoms with Crippen LogP contribution in [0.2, 0.25) is 5.15 Å². The van der Waals surface area contributed by atoms with Crippen molar-refractivity contribution in [3.63, 3.8) is 0 Å². The second-order valence-electron chi connectivity index (χ2n) is 3.70. The molecule has 5 heteroatoms. The largest absolute Gasteiger partial charge is 0.497 e. The highest BCUT2D eigenvalue weighted by molar-refractivity contribution is 6.30. The van der Waals surface area contributed by atoms with Crippen molar-refractivity contribution < 1.29 is 4.74 Å². The van der Waals surface area contributed by atoms with Crippen LogP contribution in [0.25, 0.3) is 0 Å². The van der Waals surface area contributed by atoms with Crippen LogP contribution in [0.3, 0.4) is 0 Å². The van der Waals surface area contributed by atoms with Crippen LogP contribution in [0.15, 0.2) is 30.6 Å². The lowest BCUT2D eigenvalue weighted by Gasteiger charge is -2.10. The molecule has 2 aromatic rings.